The predicted molar refractivity (Wildman–Crippen MR) is 73.4 cm³/mol. The summed E-state index contributed by atoms with van der Waals surface area (Å²) in [6.07, 6.45) is 1.06. The van der Waals surface area contributed by atoms with Crippen LogP contribution in [0.4, 0.5) is 0 Å². The molecule has 2 rings (SSSR count). The van der Waals surface area contributed by atoms with Crippen LogP contribution in [-0.4, -0.2) is 43.1 Å². The normalized spacial score (nSPS) is 21.1. The molecule has 5 nitrogen and oxygen atoms in total. The first-order valence-electron chi connectivity index (χ1n) is 6.53. The molecule has 1 aliphatic heterocycles. The minimum atomic E-state index is -0.868. The molecule has 0 N–H and O–H groups in total. The standard InChI is InChI=1S/C15H19NO4/c1-11(17)16-8-7-15(16,14(18)20-3)10-12-5-4-6-13(9-12)19-2/h4-6,9H,7-8,10H2,1-3H3. The van der Waals surface area contributed by atoms with Crippen LogP contribution in [0.2, 0.25) is 0 Å². The summed E-state index contributed by atoms with van der Waals surface area (Å²) in [5.41, 5.74) is 0.0770. The Morgan fingerprint density at radius 3 is 2.60 bits per heavy atom. The lowest BCUT2D eigenvalue weighted by molar-refractivity contribution is -0.172. The van der Waals surface area contributed by atoms with E-state index in [-0.39, 0.29) is 11.9 Å². The van der Waals surface area contributed by atoms with Gasteiger partial charge < -0.3 is 14.4 Å². The van der Waals surface area contributed by atoms with Crippen molar-refractivity contribution in [3.8, 4) is 5.75 Å². The maximum atomic E-state index is 12.1. The summed E-state index contributed by atoms with van der Waals surface area (Å²) in [5.74, 6) is 0.266. The van der Waals surface area contributed by atoms with E-state index in [9.17, 15) is 9.59 Å². The van der Waals surface area contributed by atoms with E-state index >= 15 is 0 Å². The molecule has 0 saturated carbocycles. The van der Waals surface area contributed by atoms with Crippen LogP contribution < -0.4 is 4.74 Å². The molecular formula is C15H19NO4. The Hall–Kier alpha value is -2.04. The number of carbonyl (C=O) groups is 2. The smallest absolute Gasteiger partial charge is 0.332 e. The van der Waals surface area contributed by atoms with Crippen molar-refractivity contribution in [1.82, 2.24) is 4.90 Å². The number of ether oxygens (including phenoxy) is 2. The monoisotopic (exact) mass is 277 g/mol. The SMILES string of the molecule is COC(=O)C1(Cc2cccc(OC)c2)CCN1C(C)=O. The number of esters is 1. The van der Waals surface area contributed by atoms with Gasteiger partial charge >= 0.3 is 5.97 Å². The van der Waals surface area contributed by atoms with Crippen molar-refractivity contribution in [3.63, 3.8) is 0 Å². The van der Waals surface area contributed by atoms with E-state index in [0.717, 1.165) is 11.3 Å². The molecule has 0 aromatic heterocycles. The summed E-state index contributed by atoms with van der Waals surface area (Å²) in [5, 5.41) is 0. The molecule has 20 heavy (non-hydrogen) atoms. The van der Waals surface area contributed by atoms with Gasteiger partial charge in [0, 0.05) is 19.9 Å². The fourth-order valence-electron chi connectivity index (χ4n) is 2.73. The average molecular weight is 277 g/mol. The van der Waals surface area contributed by atoms with Gasteiger partial charge in [-0.2, -0.15) is 0 Å². The minimum absolute atomic E-state index is 0.107. The van der Waals surface area contributed by atoms with Crippen LogP contribution in [0.15, 0.2) is 24.3 Å². The Morgan fingerprint density at radius 1 is 1.35 bits per heavy atom. The molecule has 0 bridgehead atoms. The number of nitrogens with zero attached hydrogens (tertiary/aromatic N) is 1. The molecule has 1 aromatic rings. The number of amides is 1. The molecule has 0 aliphatic carbocycles. The van der Waals surface area contributed by atoms with Gasteiger partial charge in [-0.25, -0.2) is 4.79 Å². The Morgan fingerprint density at radius 2 is 2.10 bits per heavy atom. The summed E-state index contributed by atoms with van der Waals surface area (Å²) < 4.78 is 10.1. The van der Waals surface area contributed by atoms with Gasteiger partial charge in [0.05, 0.1) is 14.2 Å². The van der Waals surface area contributed by atoms with Gasteiger partial charge in [-0.15, -0.1) is 0 Å². The van der Waals surface area contributed by atoms with E-state index in [0.29, 0.717) is 19.4 Å². The third kappa shape index (κ3) is 2.35. The van der Waals surface area contributed by atoms with Crippen molar-refractivity contribution < 1.29 is 19.1 Å². The van der Waals surface area contributed by atoms with E-state index < -0.39 is 5.54 Å². The molecule has 0 spiro atoms. The average Bonchev–Trinajstić information content (AvgIpc) is 2.42. The zero-order valence-electron chi connectivity index (χ0n) is 12.0. The molecule has 1 saturated heterocycles. The number of hydrogen-bond donors (Lipinski definition) is 0. The molecule has 1 aliphatic rings. The number of methoxy groups -OCH3 is 2. The molecule has 1 unspecified atom stereocenters. The van der Waals surface area contributed by atoms with Crippen LogP contribution in [0.1, 0.15) is 18.9 Å². The van der Waals surface area contributed by atoms with Gasteiger partial charge in [-0.3, -0.25) is 4.79 Å². The maximum absolute atomic E-state index is 12.1. The van der Waals surface area contributed by atoms with Crippen LogP contribution in [-0.2, 0) is 20.7 Å². The van der Waals surface area contributed by atoms with E-state index in [4.69, 9.17) is 9.47 Å². The molecule has 1 amide bonds. The number of benzene rings is 1. The lowest BCUT2D eigenvalue weighted by Gasteiger charge is -2.50. The van der Waals surface area contributed by atoms with Gasteiger partial charge in [-0.05, 0) is 24.1 Å². The molecule has 1 atom stereocenters. The van der Waals surface area contributed by atoms with E-state index in [1.54, 1.807) is 12.0 Å². The first-order valence-corrected chi connectivity index (χ1v) is 6.53. The van der Waals surface area contributed by atoms with Crippen molar-refractivity contribution in [2.45, 2.75) is 25.3 Å². The highest BCUT2D eigenvalue weighted by Gasteiger charge is 2.53. The summed E-state index contributed by atoms with van der Waals surface area (Å²) >= 11 is 0. The van der Waals surface area contributed by atoms with E-state index in [1.807, 2.05) is 24.3 Å². The highest BCUT2D eigenvalue weighted by atomic mass is 16.5. The Labute approximate surface area is 118 Å². The van der Waals surface area contributed by atoms with Crippen molar-refractivity contribution in [3.05, 3.63) is 29.8 Å². The number of likely N-dealkylation sites (tertiary alicyclic amines) is 1. The summed E-state index contributed by atoms with van der Waals surface area (Å²) in [6, 6.07) is 7.51. The molecule has 1 aromatic carbocycles. The van der Waals surface area contributed by atoms with Gasteiger partial charge in [0.25, 0.3) is 0 Å². The topological polar surface area (TPSA) is 55.8 Å². The quantitative estimate of drug-likeness (QED) is 0.781. The zero-order valence-corrected chi connectivity index (χ0v) is 12.0. The molecular weight excluding hydrogens is 258 g/mol. The van der Waals surface area contributed by atoms with Crippen LogP contribution in [0.5, 0.6) is 5.75 Å². The highest BCUT2D eigenvalue weighted by Crippen LogP contribution is 2.36. The molecule has 5 heteroatoms. The Bertz CT molecular complexity index is 528. The molecule has 1 fully saturated rings. The molecule has 0 radical (unpaired) electrons. The number of hydrogen-bond acceptors (Lipinski definition) is 4. The second-order valence-corrected chi connectivity index (χ2v) is 4.97. The third-order valence-corrected chi connectivity index (χ3v) is 3.84. The van der Waals surface area contributed by atoms with Crippen LogP contribution in [0.3, 0.4) is 0 Å². The fourth-order valence-corrected chi connectivity index (χ4v) is 2.73. The Balaban J connectivity index is 2.29. The van der Waals surface area contributed by atoms with Crippen molar-refractivity contribution in [2.75, 3.05) is 20.8 Å². The number of carbonyl (C=O) groups excluding carboxylic acids is 2. The van der Waals surface area contributed by atoms with Crippen molar-refractivity contribution in [2.24, 2.45) is 0 Å². The fraction of sp³-hybridized carbons (Fsp3) is 0.467. The predicted octanol–water partition coefficient (Wildman–Crippen LogP) is 1.40. The second-order valence-electron chi connectivity index (χ2n) is 4.97. The zero-order chi connectivity index (χ0) is 14.8. The second kappa shape index (κ2) is 5.53. The van der Waals surface area contributed by atoms with Crippen LogP contribution in [0, 0.1) is 0 Å². The van der Waals surface area contributed by atoms with E-state index in [1.165, 1.54) is 14.0 Å². The first-order chi connectivity index (χ1) is 9.53. The summed E-state index contributed by atoms with van der Waals surface area (Å²) in [7, 11) is 2.95. The van der Waals surface area contributed by atoms with Crippen LogP contribution >= 0.6 is 0 Å². The highest BCUT2D eigenvalue weighted by molar-refractivity contribution is 5.89. The van der Waals surface area contributed by atoms with Gasteiger partial charge in [0.15, 0.2) is 0 Å². The minimum Gasteiger partial charge on any atom is -0.497 e. The Kier molecular flexibility index (Phi) is 3.97. The van der Waals surface area contributed by atoms with E-state index in [2.05, 4.69) is 0 Å². The van der Waals surface area contributed by atoms with Crippen LogP contribution in [0.25, 0.3) is 0 Å². The largest absolute Gasteiger partial charge is 0.497 e. The molecule has 108 valence electrons. The van der Waals surface area contributed by atoms with Gasteiger partial charge in [0.1, 0.15) is 11.3 Å². The lowest BCUT2D eigenvalue weighted by atomic mass is 9.79. The summed E-state index contributed by atoms with van der Waals surface area (Å²) in [4.78, 5) is 25.4. The van der Waals surface area contributed by atoms with Gasteiger partial charge in [0.2, 0.25) is 5.91 Å². The van der Waals surface area contributed by atoms with Crippen molar-refractivity contribution >= 4 is 11.9 Å². The molecule has 1 heterocycles. The van der Waals surface area contributed by atoms with Gasteiger partial charge in [-0.1, -0.05) is 12.1 Å². The lowest BCUT2D eigenvalue weighted by Crippen LogP contribution is -2.67. The number of rotatable bonds is 4. The third-order valence-electron chi connectivity index (χ3n) is 3.84. The first kappa shape index (κ1) is 14.4. The summed E-state index contributed by atoms with van der Waals surface area (Å²) in [6.45, 7) is 2.07. The maximum Gasteiger partial charge on any atom is 0.332 e. The van der Waals surface area contributed by atoms with Crippen molar-refractivity contribution in [1.29, 1.82) is 0 Å².